The predicted octanol–water partition coefficient (Wildman–Crippen LogP) is 3.93. The van der Waals surface area contributed by atoms with Crippen molar-refractivity contribution >= 4 is 0 Å². The molecule has 1 unspecified atom stereocenters. The first kappa shape index (κ1) is 14.4. The van der Waals surface area contributed by atoms with Crippen LogP contribution in [0.5, 0.6) is 5.75 Å². The first-order chi connectivity index (χ1) is 9.28. The molecule has 1 saturated carbocycles. The molecule has 1 aliphatic carbocycles. The summed E-state index contributed by atoms with van der Waals surface area (Å²) in [4.78, 5) is 0. The molecule has 1 aliphatic rings. The van der Waals surface area contributed by atoms with Crippen molar-refractivity contribution in [2.75, 3.05) is 13.7 Å². The van der Waals surface area contributed by atoms with Gasteiger partial charge in [-0.3, -0.25) is 0 Å². The highest BCUT2D eigenvalue weighted by atomic mass is 16.5. The average Bonchev–Trinajstić information content (AvgIpc) is 2.90. The predicted molar refractivity (Wildman–Crippen MR) is 80.7 cm³/mol. The summed E-state index contributed by atoms with van der Waals surface area (Å²) in [5.74, 6) is 1.94. The highest BCUT2D eigenvalue weighted by Crippen LogP contribution is 2.29. The molecule has 2 heteroatoms. The van der Waals surface area contributed by atoms with Crippen LogP contribution < -0.4 is 10.1 Å². The quantitative estimate of drug-likeness (QED) is 0.803. The van der Waals surface area contributed by atoms with E-state index in [1.165, 1.54) is 37.7 Å². The summed E-state index contributed by atoms with van der Waals surface area (Å²) in [6.07, 6.45) is 8.13. The van der Waals surface area contributed by atoms with Gasteiger partial charge < -0.3 is 10.1 Å². The highest BCUT2D eigenvalue weighted by molar-refractivity contribution is 5.27. The van der Waals surface area contributed by atoms with Gasteiger partial charge in [0, 0.05) is 6.04 Å². The van der Waals surface area contributed by atoms with Gasteiger partial charge in [-0.1, -0.05) is 37.8 Å². The minimum atomic E-state index is 0.605. The summed E-state index contributed by atoms with van der Waals surface area (Å²) in [5.41, 5.74) is 1.26. The van der Waals surface area contributed by atoms with Crippen molar-refractivity contribution < 1.29 is 4.74 Å². The second-order valence-corrected chi connectivity index (χ2v) is 5.83. The molecule has 1 aromatic carbocycles. The van der Waals surface area contributed by atoms with Gasteiger partial charge in [-0.15, -0.1) is 0 Å². The van der Waals surface area contributed by atoms with E-state index in [4.69, 9.17) is 4.74 Å². The van der Waals surface area contributed by atoms with E-state index in [1.54, 1.807) is 0 Å². The van der Waals surface area contributed by atoms with E-state index >= 15 is 0 Å². The Kier molecular flexibility index (Phi) is 5.71. The molecule has 2 rings (SSSR count). The van der Waals surface area contributed by atoms with Crippen LogP contribution in [0, 0.1) is 12.8 Å². The smallest absolute Gasteiger partial charge is 0.119 e. The molecule has 2 nitrogen and oxygen atoms in total. The van der Waals surface area contributed by atoms with E-state index in [-0.39, 0.29) is 0 Å². The lowest BCUT2D eigenvalue weighted by molar-refractivity contribution is 0.272. The Bertz CT molecular complexity index is 371. The maximum Gasteiger partial charge on any atom is 0.119 e. The molecule has 0 amide bonds. The van der Waals surface area contributed by atoms with E-state index < -0.39 is 0 Å². The molecule has 1 fully saturated rings. The van der Waals surface area contributed by atoms with E-state index in [1.807, 2.05) is 6.07 Å². The van der Waals surface area contributed by atoms with Crippen molar-refractivity contribution in [3.8, 4) is 5.75 Å². The summed E-state index contributed by atoms with van der Waals surface area (Å²) in [6, 6.07) is 8.90. The summed E-state index contributed by atoms with van der Waals surface area (Å²) in [7, 11) is 2.08. The Morgan fingerprint density at radius 3 is 2.79 bits per heavy atom. The Morgan fingerprint density at radius 1 is 1.32 bits per heavy atom. The van der Waals surface area contributed by atoms with Gasteiger partial charge in [0.2, 0.25) is 0 Å². The fraction of sp³-hybridized carbons (Fsp3) is 0.647. The first-order valence-corrected chi connectivity index (χ1v) is 7.64. The Morgan fingerprint density at radius 2 is 2.11 bits per heavy atom. The number of nitrogens with one attached hydrogen (secondary N) is 1. The number of benzene rings is 1. The zero-order chi connectivity index (χ0) is 13.5. The lowest BCUT2D eigenvalue weighted by atomic mass is 9.97. The van der Waals surface area contributed by atoms with Crippen LogP contribution in [0.1, 0.15) is 44.1 Å². The Balaban J connectivity index is 1.70. The molecule has 1 atom stereocenters. The molecule has 0 spiro atoms. The molecule has 1 aromatic rings. The summed E-state index contributed by atoms with van der Waals surface area (Å²) < 4.78 is 5.84. The van der Waals surface area contributed by atoms with E-state index in [0.717, 1.165) is 24.7 Å². The van der Waals surface area contributed by atoms with Gasteiger partial charge in [0.05, 0.1) is 6.61 Å². The van der Waals surface area contributed by atoms with Crippen LogP contribution in [0.15, 0.2) is 24.3 Å². The largest absolute Gasteiger partial charge is 0.494 e. The maximum absolute atomic E-state index is 5.84. The van der Waals surface area contributed by atoms with E-state index in [0.29, 0.717) is 6.04 Å². The molecular weight excluding hydrogens is 234 g/mol. The van der Waals surface area contributed by atoms with Gasteiger partial charge in [-0.2, -0.15) is 0 Å². The standard InChI is InChI=1S/C17H27NO/c1-14-6-5-9-17(12-14)19-11-10-16(18-2)13-15-7-3-4-8-15/h5-6,9,12,15-16,18H,3-4,7-8,10-11,13H2,1-2H3. The minimum absolute atomic E-state index is 0.605. The van der Waals surface area contributed by atoms with Crippen molar-refractivity contribution in [1.29, 1.82) is 0 Å². The molecule has 0 aliphatic heterocycles. The number of aryl methyl sites for hydroxylation is 1. The van der Waals surface area contributed by atoms with Gasteiger partial charge in [0.15, 0.2) is 0 Å². The van der Waals surface area contributed by atoms with Crippen molar-refractivity contribution in [3.63, 3.8) is 0 Å². The van der Waals surface area contributed by atoms with Gasteiger partial charge >= 0.3 is 0 Å². The van der Waals surface area contributed by atoms with Gasteiger partial charge in [0.1, 0.15) is 5.75 Å². The zero-order valence-electron chi connectivity index (χ0n) is 12.3. The second-order valence-electron chi connectivity index (χ2n) is 5.83. The molecule has 0 heterocycles. The van der Waals surface area contributed by atoms with Crippen LogP contribution in [0.4, 0.5) is 0 Å². The second kappa shape index (κ2) is 7.54. The van der Waals surface area contributed by atoms with Crippen molar-refractivity contribution in [1.82, 2.24) is 5.32 Å². The summed E-state index contributed by atoms with van der Waals surface area (Å²) in [5, 5.41) is 3.45. The molecule has 1 N–H and O–H groups in total. The molecule has 106 valence electrons. The van der Waals surface area contributed by atoms with E-state index in [2.05, 4.69) is 37.5 Å². The molecular formula is C17H27NO. The van der Waals surface area contributed by atoms with Crippen LogP contribution in [0.2, 0.25) is 0 Å². The third kappa shape index (κ3) is 4.87. The third-order valence-corrected chi connectivity index (χ3v) is 4.23. The number of ether oxygens (including phenoxy) is 1. The molecule has 0 saturated heterocycles. The number of rotatable bonds is 7. The molecule has 0 bridgehead atoms. The highest BCUT2D eigenvalue weighted by Gasteiger charge is 2.19. The average molecular weight is 261 g/mol. The summed E-state index contributed by atoms with van der Waals surface area (Å²) in [6.45, 7) is 2.91. The first-order valence-electron chi connectivity index (χ1n) is 7.64. The molecule has 0 radical (unpaired) electrons. The third-order valence-electron chi connectivity index (χ3n) is 4.23. The monoisotopic (exact) mass is 261 g/mol. The maximum atomic E-state index is 5.84. The Hall–Kier alpha value is -1.02. The van der Waals surface area contributed by atoms with Crippen LogP contribution in [-0.2, 0) is 0 Å². The lowest BCUT2D eigenvalue weighted by Crippen LogP contribution is -2.29. The fourth-order valence-corrected chi connectivity index (χ4v) is 3.05. The van der Waals surface area contributed by atoms with Crippen LogP contribution >= 0.6 is 0 Å². The van der Waals surface area contributed by atoms with Gasteiger partial charge in [0.25, 0.3) is 0 Å². The topological polar surface area (TPSA) is 21.3 Å². The fourth-order valence-electron chi connectivity index (χ4n) is 3.05. The zero-order valence-corrected chi connectivity index (χ0v) is 12.3. The minimum Gasteiger partial charge on any atom is -0.494 e. The van der Waals surface area contributed by atoms with Crippen molar-refractivity contribution in [2.24, 2.45) is 5.92 Å². The Labute approximate surface area is 117 Å². The van der Waals surface area contributed by atoms with Crippen molar-refractivity contribution in [2.45, 2.75) is 51.5 Å². The van der Waals surface area contributed by atoms with Crippen molar-refractivity contribution in [3.05, 3.63) is 29.8 Å². The molecule has 19 heavy (non-hydrogen) atoms. The van der Waals surface area contributed by atoms with Gasteiger partial charge in [-0.05, 0) is 50.4 Å². The molecule has 0 aromatic heterocycles. The lowest BCUT2D eigenvalue weighted by Gasteiger charge is -2.20. The number of hydrogen-bond acceptors (Lipinski definition) is 2. The van der Waals surface area contributed by atoms with Gasteiger partial charge in [-0.25, -0.2) is 0 Å². The normalized spacial score (nSPS) is 17.6. The number of hydrogen-bond donors (Lipinski definition) is 1. The van der Waals surface area contributed by atoms with Crippen LogP contribution in [0.3, 0.4) is 0 Å². The SMILES string of the molecule is CNC(CCOc1cccc(C)c1)CC1CCCC1. The van der Waals surface area contributed by atoms with Crippen LogP contribution in [-0.4, -0.2) is 19.7 Å². The summed E-state index contributed by atoms with van der Waals surface area (Å²) >= 11 is 0. The van der Waals surface area contributed by atoms with E-state index in [9.17, 15) is 0 Å². The van der Waals surface area contributed by atoms with Crippen LogP contribution in [0.25, 0.3) is 0 Å².